The maximum absolute atomic E-state index is 13.8. The van der Waals surface area contributed by atoms with Crippen LogP contribution in [0.5, 0.6) is 11.5 Å². The fourth-order valence-electron chi connectivity index (χ4n) is 6.52. The molecule has 3 aromatic rings. The number of ketones is 1. The highest BCUT2D eigenvalue weighted by molar-refractivity contribution is 6.24. The minimum Gasteiger partial charge on any atom is -0.509 e. The van der Waals surface area contributed by atoms with Gasteiger partial charge in [0.25, 0.3) is 5.91 Å². The first-order chi connectivity index (χ1) is 22.6. The number of nitrogens with one attached hydrogen (secondary N) is 1. The molecule has 2 N–H and O–H groups in total. The number of methoxy groups -OCH3 is 2. The molecule has 2 aliphatic heterocycles. The van der Waals surface area contributed by atoms with E-state index in [0.717, 1.165) is 23.9 Å². The van der Waals surface area contributed by atoms with Crippen molar-refractivity contribution in [2.24, 2.45) is 0 Å². The third-order valence-corrected chi connectivity index (χ3v) is 9.00. The summed E-state index contributed by atoms with van der Waals surface area (Å²) in [6.45, 7) is 2.29. The first kappa shape index (κ1) is 34.7. The van der Waals surface area contributed by atoms with Crippen LogP contribution in [0.3, 0.4) is 0 Å². The van der Waals surface area contributed by atoms with Crippen molar-refractivity contribution in [3.63, 3.8) is 0 Å². The van der Waals surface area contributed by atoms with E-state index in [1.807, 2.05) is 6.07 Å². The van der Waals surface area contributed by atoms with E-state index in [9.17, 15) is 41.0 Å². The number of hydrogen-bond acceptors (Lipinski definition) is 7. The van der Waals surface area contributed by atoms with Crippen molar-refractivity contribution >= 4 is 17.4 Å². The SMILES string of the molecule is COc1ccc(OC)c(CC2CCC(=O)/C(C(=O)Nc3ccc(C(F)(F)F)cc3-c3ccc(C(F)(F)F)nc3)=C(/O)C3(C)CCCN23)c1. The van der Waals surface area contributed by atoms with Crippen molar-refractivity contribution in [3.05, 3.63) is 82.9 Å². The Bertz CT molecular complexity index is 1740. The Morgan fingerprint density at radius 2 is 1.79 bits per heavy atom. The molecule has 2 aliphatic rings. The topological polar surface area (TPSA) is 101 Å². The molecule has 0 spiro atoms. The number of carbonyl (C=O) groups is 2. The van der Waals surface area contributed by atoms with E-state index < -0.39 is 52.2 Å². The fraction of sp³-hybridized carbons (Fsp3) is 0.382. The van der Waals surface area contributed by atoms with Crippen LogP contribution in [-0.2, 0) is 28.4 Å². The van der Waals surface area contributed by atoms with Gasteiger partial charge in [-0.1, -0.05) is 6.07 Å². The molecule has 2 unspecified atom stereocenters. The van der Waals surface area contributed by atoms with E-state index in [1.165, 1.54) is 0 Å². The summed E-state index contributed by atoms with van der Waals surface area (Å²) in [5.74, 6) is -0.937. The van der Waals surface area contributed by atoms with E-state index in [2.05, 4.69) is 15.2 Å². The molecule has 0 radical (unpaired) electrons. The monoisotopic (exact) mass is 677 g/mol. The third kappa shape index (κ3) is 6.84. The number of anilines is 1. The van der Waals surface area contributed by atoms with Gasteiger partial charge < -0.3 is 19.9 Å². The second-order valence-corrected chi connectivity index (χ2v) is 11.9. The summed E-state index contributed by atoms with van der Waals surface area (Å²) in [5.41, 5.74) is -3.84. The second kappa shape index (κ2) is 13.1. The van der Waals surface area contributed by atoms with Gasteiger partial charge >= 0.3 is 12.4 Å². The lowest BCUT2D eigenvalue weighted by Crippen LogP contribution is -2.52. The zero-order valence-corrected chi connectivity index (χ0v) is 26.3. The quantitative estimate of drug-likeness (QED) is 0.199. The van der Waals surface area contributed by atoms with Crippen LogP contribution in [0.1, 0.15) is 49.4 Å². The number of Topliss-reactive ketones (excluding diaryl/α,β-unsaturated/α-hetero) is 1. The molecule has 1 aromatic heterocycles. The number of rotatable bonds is 7. The Hall–Kier alpha value is -4.59. The molecule has 1 saturated heterocycles. The van der Waals surface area contributed by atoms with E-state index in [4.69, 9.17) is 9.47 Å². The number of fused-ring (bicyclic) bond motifs is 1. The Balaban J connectivity index is 1.51. The lowest BCUT2D eigenvalue weighted by atomic mass is 9.84. The molecule has 3 heterocycles. The molecule has 0 aliphatic carbocycles. The number of alkyl halides is 6. The highest BCUT2D eigenvalue weighted by Gasteiger charge is 2.48. The zero-order chi connectivity index (χ0) is 35.0. The highest BCUT2D eigenvalue weighted by Crippen LogP contribution is 2.43. The van der Waals surface area contributed by atoms with E-state index >= 15 is 0 Å². The molecular weight excluding hydrogens is 644 g/mol. The maximum Gasteiger partial charge on any atom is 0.433 e. The summed E-state index contributed by atoms with van der Waals surface area (Å²) in [7, 11) is 3.09. The molecule has 2 atom stereocenters. The van der Waals surface area contributed by atoms with Crippen LogP contribution in [0, 0.1) is 0 Å². The van der Waals surface area contributed by atoms with E-state index in [1.54, 1.807) is 33.3 Å². The highest BCUT2D eigenvalue weighted by atomic mass is 19.4. The number of ether oxygens (including phenoxy) is 2. The van der Waals surface area contributed by atoms with Gasteiger partial charge in [0.05, 0.1) is 25.3 Å². The van der Waals surface area contributed by atoms with Gasteiger partial charge in [-0.3, -0.25) is 19.5 Å². The van der Waals surface area contributed by atoms with Gasteiger partial charge in [-0.05, 0) is 87.2 Å². The number of halogens is 6. The average Bonchev–Trinajstić information content (AvgIpc) is 3.43. The minimum absolute atomic E-state index is 0.126. The third-order valence-electron chi connectivity index (χ3n) is 9.00. The minimum atomic E-state index is -4.81. The lowest BCUT2D eigenvalue weighted by Gasteiger charge is -2.42. The molecule has 0 saturated carbocycles. The summed E-state index contributed by atoms with van der Waals surface area (Å²) in [6.07, 6.45) is -7.12. The molecule has 48 heavy (non-hydrogen) atoms. The molecule has 1 amide bonds. The van der Waals surface area contributed by atoms with Gasteiger partial charge in [-0.15, -0.1) is 0 Å². The molecule has 14 heteroatoms. The maximum atomic E-state index is 13.8. The average molecular weight is 678 g/mol. The Morgan fingerprint density at radius 1 is 1.04 bits per heavy atom. The summed E-state index contributed by atoms with van der Waals surface area (Å²) < 4.78 is 91.2. The molecular formula is C34H33F6N3O5. The number of aliphatic hydroxyl groups is 1. The number of amides is 1. The Kier molecular flexibility index (Phi) is 9.51. The number of pyridine rings is 1. The van der Waals surface area contributed by atoms with Crippen molar-refractivity contribution in [3.8, 4) is 22.6 Å². The summed E-state index contributed by atoms with van der Waals surface area (Å²) in [5, 5.41) is 14.1. The van der Waals surface area contributed by atoms with Gasteiger partial charge in [0, 0.05) is 35.5 Å². The van der Waals surface area contributed by atoms with Gasteiger partial charge in [-0.25, -0.2) is 0 Å². The van der Waals surface area contributed by atoms with Crippen molar-refractivity contribution in [1.82, 2.24) is 9.88 Å². The van der Waals surface area contributed by atoms with Crippen LogP contribution in [-0.4, -0.2) is 59.0 Å². The van der Waals surface area contributed by atoms with Crippen LogP contribution < -0.4 is 14.8 Å². The van der Waals surface area contributed by atoms with E-state index in [0.29, 0.717) is 61.9 Å². The fourth-order valence-corrected chi connectivity index (χ4v) is 6.52. The number of nitrogens with zero attached hydrogens (tertiary/aromatic N) is 2. The van der Waals surface area contributed by atoms with Crippen LogP contribution in [0.15, 0.2) is 66.1 Å². The number of benzene rings is 2. The van der Waals surface area contributed by atoms with Crippen LogP contribution in [0.25, 0.3) is 11.1 Å². The van der Waals surface area contributed by atoms with Crippen molar-refractivity contribution in [2.75, 3.05) is 26.1 Å². The number of aliphatic hydroxyl groups excluding tert-OH is 1. The van der Waals surface area contributed by atoms with Crippen LogP contribution in [0.2, 0.25) is 0 Å². The zero-order valence-electron chi connectivity index (χ0n) is 26.3. The summed E-state index contributed by atoms with van der Waals surface area (Å²) in [4.78, 5) is 32.8. The Labute approximate surface area is 272 Å². The summed E-state index contributed by atoms with van der Waals surface area (Å²) in [6, 6.07) is 9.02. The van der Waals surface area contributed by atoms with Crippen molar-refractivity contribution in [2.45, 2.75) is 63.0 Å². The summed E-state index contributed by atoms with van der Waals surface area (Å²) >= 11 is 0. The van der Waals surface area contributed by atoms with Gasteiger partial charge in [0.1, 0.15) is 28.5 Å². The van der Waals surface area contributed by atoms with Gasteiger partial charge in [0.2, 0.25) is 0 Å². The van der Waals surface area contributed by atoms with Crippen molar-refractivity contribution in [1.29, 1.82) is 0 Å². The number of carbonyl (C=O) groups excluding carboxylic acids is 2. The first-order valence-electron chi connectivity index (χ1n) is 15.1. The smallest absolute Gasteiger partial charge is 0.433 e. The second-order valence-electron chi connectivity index (χ2n) is 11.9. The van der Waals surface area contributed by atoms with Crippen LogP contribution in [0.4, 0.5) is 32.0 Å². The lowest BCUT2D eigenvalue weighted by molar-refractivity contribution is -0.141. The molecule has 256 valence electrons. The molecule has 0 bridgehead atoms. The predicted octanol–water partition coefficient (Wildman–Crippen LogP) is 7.38. The predicted molar refractivity (Wildman–Crippen MR) is 164 cm³/mol. The number of hydrogen-bond donors (Lipinski definition) is 2. The largest absolute Gasteiger partial charge is 0.509 e. The molecule has 1 fully saturated rings. The first-order valence-corrected chi connectivity index (χ1v) is 15.1. The van der Waals surface area contributed by atoms with Crippen molar-refractivity contribution < 1.29 is 50.5 Å². The molecule has 2 aromatic carbocycles. The van der Waals surface area contributed by atoms with Gasteiger partial charge in [-0.2, -0.15) is 26.3 Å². The Morgan fingerprint density at radius 3 is 2.42 bits per heavy atom. The van der Waals surface area contributed by atoms with Gasteiger partial charge in [0.15, 0.2) is 5.78 Å². The molecule has 5 rings (SSSR count). The van der Waals surface area contributed by atoms with Crippen LogP contribution >= 0.6 is 0 Å². The number of aromatic nitrogens is 1. The standard InChI is InChI=1S/C34H33F6N3O5/c1-32-13-4-14-43(32)22(15-20-16-23(47-2)8-11-27(20)48-3)7-10-26(44)29(30(32)45)31(46)42-25-9-6-21(33(35,36)37)17-24(25)19-5-12-28(41-18-19)34(38,39)40/h5-6,8-9,11-12,16-18,22,45H,4,7,10,13-15H2,1-3H3,(H,42,46)/b30-29-. The molecule has 8 nitrogen and oxygen atoms in total. The normalized spacial score (nSPS) is 22.1. The van der Waals surface area contributed by atoms with E-state index in [-0.39, 0.29) is 29.3 Å².